The van der Waals surface area contributed by atoms with Gasteiger partial charge in [0.25, 0.3) is 0 Å². The van der Waals surface area contributed by atoms with Crippen LogP contribution in [0.2, 0.25) is 0 Å². The van der Waals surface area contributed by atoms with Crippen molar-refractivity contribution in [3.8, 4) is 5.75 Å². The number of benzene rings is 1. The Kier molecular flexibility index (Phi) is 6.46. The maximum atomic E-state index is 12.9. The number of nitrogens with zero attached hydrogens (tertiary/aromatic N) is 1. The average molecular weight is 428 g/mol. The number of rotatable bonds is 8. The lowest BCUT2D eigenvalue weighted by molar-refractivity contribution is -0.138. The lowest BCUT2D eigenvalue weighted by Crippen LogP contribution is -2.49. The van der Waals surface area contributed by atoms with Gasteiger partial charge in [-0.25, -0.2) is 0 Å². The molecule has 1 aliphatic heterocycles. The number of carbonyl (C=O) groups excluding carboxylic acids is 2. The number of methoxy groups -OCH3 is 1. The van der Waals surface area contributed by atoms with Crippen LogP contribution in [-0.4, -0.2) is 54.8 Å². The van der Waals surface area contributed by atoms with E-state index < -0.39 is 6.04 Å². The summed E-state index contributed by atoms with van der Waals surface area (Å²) >= 11 is 0. The van der Waals surface area contributed by atoms with Gasteiger partial charge in [-0.2, -0.15) is 0 Å². The zero-order valence-corrected chi connectivity index (χ0v) is 18.2. The van der Waals surface area contributed by atoms with Gasteiger partial charge in [-0.3, -0.25) is 15.0 Å². The van der Waals surface area contributed by atoms with E-state index in [-0.39, 0.29) is 17.6 Å². The Labute approximate surface area is 183 Å². The van der Waals surface area contributed by atoms with Gasteiger partial charge in [0.15, 0.2) is 0 Å². The summed E-state index contributed by atoms with van der Waals surface area (Å²) in [6.45, 7) is 1.24. The minimum Gasteiger partial charge on any atom is -0.496 e. The molecule has 3 aliphatic rings. The van der Waals surface area contributed by atoms with E-state index in [9.17, 15) is 9.59 Å². The van der Waals surface area contributed by atoms with Crippen molar-refractivity contribution >= 4 is 17.6 Å². The lowest BCUT2D eigenvalue weighted by Gasteiger charge is -2.27. The largest absolute Gasteiger partial charge is 0.496 e. The van der Waals surface area contributed by atoms with E-state index in [1.165, 1.54) is 25.7 Å². The van der Waals surface area contributed by atoms with Crippen molar-refractivity contribution in [3.63, 3.8) is 0 Å². The minimum absolute atomic E-state index is 0.0174. The number of nitrogen functional groups attached to an aromatic ring is 1. The molecule has 8 heteroatoms. The summed E-state index contributed by atoms with van der Waals surface area (Å²) in [7, 11) is 1.55. The number of nitrogens with one attached hydrogen (secondary N) is 3. The number of carbonyl (C=O) groups is 2. The Balaban J connectivity index is 1.30. The second kappa shape index (κ2) is 9.26. The van der Waals surface area contributed by atoms with Crippen LogP contribution in [-0.2, 0) is 16.1 Å². The molecule has 168 valence electrons. The normalized spacial score (nSPS) is 26.8. The predicted molar refractivity (Wildman–Crippen MR) is 118 cm³/mol. The Morgan fingerprint density at radius 1 is 1.26 bits per heavy atom. The van der Waals surface area contributed by atoms with E-state index >= 15 is 0 Å². The lowest BCUT2D eigenvalue weighted by atomic mass is 9.95. The third-order valence-corrected chi connectivity index (χ3v) is 7.18. The highest BCUT2D eigenvalue weighted by molar-refractivity contribution is 5.95. The third-order valence-electron chi connectivity index (χ3n) is 7.18. The zero-order chi connectivity index (χ0) is 22.0. The van der Waals surface area contributed by atoms with Gasteiger partial charge in [0.2, 0.25) is 11.8 Å². The SMILES string of the molecule is COc1cc(C(=N)N)ccc1CNC(=O)[C@@H]1CCCN1C(=O)CNC1CC2CCC1C2. The monoisotopic (exact) mass is 427 g/mol. The molecule has 0 aromatic heterocycles. The molecule has 4 rings (SSSR count). The topological polar surface area (TPSA) is 121 Å². The first-order valence-electron chi connectivity index (χ1n) is 11.3. The van der Waals surface area contributed by atoms with Crippen LogP contribution in [0.1, 0.15) is 49.7 Å². The van der Waals surface area contributed by atoms with E-state index in [2.05, 4.69) is 10.6 Å². The summed E-state index contributed by atoms with van der Waals surface area (Å²) in [5.74, 6) is 1.98. The van der Waals surface area contributed by atoms with Gasteiger partial charge in [0.1, 0.15) is 17.6 Å². The summed E-state index contributed by atoms with van der Waals surface area (Å²) in [6.07, 6.45) is 6.64. The van der Waals surface area contributed by atoms with Gasteiger partial charge >= 0.3 is 0 Å². The Bertz CT molecular complexity index is 858. The highest BCUT2D eigenvalue weighted by atomic mass is 16.5. The van der Waals surface area contributed by atoms with Crippen molar-refractivity contribution < 1.29 is 14.3 Å². The van der Waals surface area contributed by atoms with Crippen LogP contribution in [0.5, 0.6) is 5.75 Å². The Morgan fingerprint density at radius 3 is 2.77 bits per heavy atom. The maximum Gasteiger partial charge on any atom is 0.243 e. The number of fused-ring (bicyclic) bond motifs is 2. The van der Waals surface area contributed by atoms with E-state index in [4.69, 9.17) is 15.9 Å². The second-order valence-electron chi connectivity index (χ2n) is 9.07. The first-order valence-corrected chi connectivity index (χ1v) is 11.3. The highest BCUT2D eigenvalue weighted by Gasteiger charge is 2.40. The first kappa shape index (κ1) is 21.6. The molecule has 2 amide bonds. The van der Waals surface area contributed by atoms with Crippen molar-refractivity contribution in [2.75, 3.05) is 20.2 Å². The first-order chi connectivity index (χ1) is 15.0. The third kappa shape index (κ3) is 4.69. The minimum atomic E-state index is -0.420. The molecular formula is C23H33N5O3. The van der Waals surface area contributed by atoms with Crippen molar-refractivity contribution in [2.24, 2.45) is 17.6 Å². The molecule has 5 N–H and O–H groups in total. The van der Waals surface area contributed by atoms with Crippen LogP contribution < -0.4 is 21.1 Å². The van der Waals surface area contributed by atoms with Crippen LogP contribution in [0, 0.1) is 17.2 Å². The number of nitrogens with two attached hydrogens (primary N) is 1. The molecule has 4 atom stereocenters. The number of hydrogen-bond donors (Lipinski definition) is 4. The van der Waals surface area contributed by atoms with Gasteiger partial charge in [0, 0.05) is 30.3 Å². The molecule has 8 nitrogen and oxygen atoms in total. The number of amidine groups is 1. The van der Waals surface area contributed by atoms with Crippen molar-refractivity contribution in [1.82, 2.24) is 15.5 Å². The van der Waals surface area contributed by atoms with E-state index in [1.807, 2.05) is 0 Å². The van der Waals surface area contributed by atoms with Gasteiger partial charge in [-0.15, -0.1) is 0 Å². The quantitative estimate of drug-likeness (QED) is 0.369. The Hall–Kier alpha value is -2.61. The molecule has 1 aromatic carbocycles. The summed E-state index contributed by atoms with van der Waals surface area (Å²) in [5.41, 5.74) is 6.91. The molecule has 2 saturated carbocycles. The molecule has 1 saturated heterocycles. The molecule has 0 radical (unpaired) electrons. The van der Waals surface area contributed by atoms with Gasteiger partial charge in [-0.05, 0) is 50.0 Å². The van der Waals surface area contributed by atoms with Crippen LogP contribution >= 0.6 is 0 Å². The smallest absolute Gasteiger partial charge is 0.243 e. The summed E-state index contributed by atoms with van der Waals surface area (Å²) in [5, 5.41) is 14.0. The van der Waals surface area contributed by atoms with Crippen LogP contribution in [0.15, 0.2) is 18.2 Å². The van der Waals surface area contributed by atoms with Gasteiger partial charge < -0.3 is 26.0 Å². The predicted octanol–water partition coefficient (Wildman–Crippen LogP) is 1.36. The zero-order valence-electron chi connectivity index (χ0n) is 18.2. The van der Waals surface area contributed by atoms with E-state index in [0.29, 0.717) is 43.4 Å². The van der Waals surface area contributed by atoms with Crippen molar-refractivity contribution in [1.29, 1.82) is 5.41 Å². The fourth-order valence-electron chi connectivity index (χ4n) is 5.51. The highest BCUT2D eigenvalue weighted by Crippen LogP contribution is 2.44. The molecular weight excluding hydrogens is 394 g/mol. The van der Waals surface area contributed by atoms with Gasteiger partial charge in [0.05, 0.1) is 13.7 Å². The molecule has 3 fully saturated rings. The number of ether oxygens (including phenoxy) is 1. The average Bonchev–Trinajstić information content (AvgIpc) is 3.52. The van der Waals surface area contributed by atoms with E-state index in [1.54, 1.807) is 30.2 Å². The molecule has 2 aliphatic carbocycles. The second-order valence-corrected chi connectivity index (χ2v) is 9.07. The summed E-state index contributed by atoms with van der Waals surface area (Å²) in [4.78, 5) is 27.4. The molecule has 1 heterocycles. The van der Waals surface area contributed by atoms with Crippen LogP contribution in [0.3, 0.4) is 0 Å². The molecule has 0 spiro atoms. The van der Waals surface area contributed by atoms with E-state index in [0.717, 1.165) is 23.8 Å². The number of amides is 2. The summed E-state index contributed by atoms with van der Waals surface area (Å²) < 4.78 is 5.38. The molecule has 1 aromatic rings. The number of likely N-dealkylation sites (tertiary alicyclic amines) is 1. The van der Waals surface area contributed by atoms with Crippen LogP contribution in [0.25, 0.3) is 0 Å². The Morgan fingerprint density at radius 2 is 2.10 bits per heavy atom. The standard InChI is InChI=1S/C23H33N5O3/c1-31-20-11-16(22(24)25)6-7-17(20)12-27-23(30)19-3-2-8-28(19)21(29)13-26-18-10-14-4-5-15(18)9-14/h6-7,11,14-15,18-19,26H,2-5,8-10,12-13H2,1H3,(H3,24,25)(H,27,30)/t14?,15?,18?,19-/m0/s1. The molecule has 2 bridgehead atoms. The fraction of sp³-hybridized carbons (Fsp3) is 0.609. The molecule has 3 unspecified atom stereocenters. The fourth-order valence-corrected chi connectivity index (χ4v) is 5.51. The molecule has 31 heavy (non-hydrogen) atoms. The van der Waals surface area contributed by atoms with Crippen molar-refractivity contribution in [2.45, 2.75) is 57.2 Å². The number of hydrogen-bond acceptors (Lipinski definition) is 5. The van der Waals surface area contributed by atoms with Gasteiger partial charge in [-0.1, -0.05) is 18.6 Å². The van der Waals surface area contributed by atoms with Crippen molar-refractivity contribution in [3.05, 3.63) is 29.3 Å². The summed E-state index contributed by atoms with van der Waals surface area (Å²) in [6, 6.07) is 5.27. The maximum absolute atomic E-state index is 12.9. The van der Waals surface area contributed by atoms with Crippen LogP contribution in [0.4, 0.5) is 0 Å².